The SMILES string of the molecule is C=CN(c1ccccc1)c1ccc(-c2ccc(-c3cccc4c(-c5cccc(C6=NC(c7ccc(-c8ccccc8)cc7)NC(c7ccccc7)=N6)c5)cccc34)cc2)cc1C(C)CC. The van der Waals surface area contributed by atoms with E-state index in [0.29, 0.717) is 11.8 Å². The van der Waals surface area contributed by atoms with E-state index >= 15 is 0 Å². The minimum Gasteiger partial charge on any atom is -0.344 e. The number of rotatable bonds is 12. The molecular weight excluding hydrogens is 789 g/mol. The minimum atomic E-state index is -0.304. The third-order valence-electron chi connectivity index (χ3n) is 12.7. The van der Waals surface area contributed by atoms with Gasteiger partial charge in [0.1, 0.15) is 12.0 Å². The highest BCUT2D eigenvalue weighted by molar-refractivity contribution is 6.13. The van der Waals surface area contributed by atoms with Crippen LogP contribution in [0.5, 0.6) is 0 Å². The van der Waals surface area contributed by atoms with E-state index < -0.39 is 0 Å². The van der Waals surface area contributed by atoms with Crippen LogP contribution in [0.2, 0.25) is 0 Å². The fourth-order valence-corrected chi connectivity index (χ4v) is 8.96. The topological polar surface area (TPSA) is 40.0 Å². The van der Waals surface area contributed by atoms with Gasteiger partial charge in [-0.25, -0.2) is 9.98 Å². The van der Waals surface area contributed by atoms with Crippen LogP contribution in [-0.2, 0) is 0 Å². The van der Waals surface area contributed by atoms with Gasteiger partial charge in [0, 0.05) is 28.7 Å². The van der Waals surface area contributed by atoms with Gasteiger partial charge in [0.05, 0.1) is 0 Å². The van der Waals surface area contributed by atoms with E-state index in [1.165, 1.54) is 61.0 Å². The average molecular weight is 839 g/mol. The monoisotopic (exact) mass is 838 g/mol. The lowest BCUT2D eigenvalue weighted by molar-refractivity contribution is 0.674. The van der Waals surface area contributed by atoms with Crippen molar-refractivity contribution in [3.8, 4) is 44.5 Å². The fraction of sp³-hybridized carbons (Fsp3) is 0.0820. The van der Waals surface area contributed by atoms with Crippen molar-refractivity contribution in [2.24, 2.45) is 9.98 Å². The lowest BCUT2D eigenvalue weighted by Gasteiger charge is -2.26. The summed E-state index contributed by atoms with van der Waals surface area (Å²) in [6.07, 6.45) is 2.66. The van der Waals surface area contributed by atoms with E-state index in [-0.39, 0.29) is 6.17 Å². The molecule has 9 aromatic rings. The van der Waals surface area contributed by atoms with Crippen molar-refractivity contribution < 1.29 is 0 Å². The fourth-order valence-electron chi connectivity index (χ4n) is 8.96. The van der Waals surface area contributed by atoms with Gasteiger partial charge in [0.2, 0.25) is 0 Å². The second-order valence-corrected chi connectivity index (χ2v) is 16.6. The molecule has 0 bridgehead atoms. The van der Waals surface area contributed by atoms with Crippen LogP contribution in [-0.4, -0.2) is 11.7 Å². The Bertz CT molecular complexity index is 3170. The molecule has 0 spiro atoms. The Kier molecular flexibility index (Phi) is 11.6. The molecule has 314 valence electrons. The van der Waals surface area contributed by atoms with Gasteiger partial charge in [-0.1, -0.05) is 208 Å². The van der Waals surface area contributed by atoms with Gasteiger partial charge in [-0.15, -0.1) is 0 Å². The second kappa shape index (κ2) is 18.3. The molecule has 0 aromatic heterocycles. The summed E-state index contributed by atoms with van der Waals surface area (Å²) in [5, 5.41) is 6.04. The Morgan fingerprint density at radius 3 is 1.71 bits per heavy atom. The second-order valence-electron chi connectivity index (χ2n) is 16.6. The molecule has 4 heteroatoms. The largest absolute Gasteiger partial charge is 0.344 e. The van der Waals surface area contributed by atoms with E-state index in [2.05, 4.69) is 219 Å². The first-order valence-electron chi connectivity index (χ1n) is 22.5. The molecule has 1 aliphatic rings. The van der Waals surface area contributed by atoms with Crippen LogP contribution >= 0.6 is 0 Å². The first kappa shape index (κ1) is 41.0. The normalized spacial score (nSPS) is 13.9. The summed E-state index contributed by atoms with van der Waals surface area (Å²) in [7, 11) is 0. The van der Waals surface area contributed by atoms with Crippen molar-refractivity contribution in [1.82, 2.24) is 5.32 Å². The Morgan fingerprint density at radius 1 is 0.523 bits per heavy atom. The average Bonchev–Trinajstić information content (AvgIpc) is 3.39. The summed E-state index contributed by atoms with van der Waals surface area (Å²) < 4.78 is 0. The Balaban J connectivity index is 0.966. The molecule has 0 fully saturated rings. The highest BCUT2D eigenvalue weighted by atomic mass is 15.2. The Hall–Kier alpha value is -8.08. The number of amidine groups is 2. The molecular formula is C61H50N4. The highest BCUT2D eigenvalue weighted by Gasteiger charge is 2.22. The van der Waals surface area contributed by atoms with Crippen LogP contribution in [0.4, 0.5) is 11.4 Å². The van der Waals surface area contributed by atoms with Gasteiger partial charge in [-0.05, 0) is 109 Å². The van der Waals surface area contributed by atoms with Crippen LogP contribution in [0.3, 0.4) is 0 Å². The highest BCUT2D eigenvalue weighted by Crippen LogP contribution is 2.39. The number of hydrogen-bond acceptors (Lipinski definition) is 4. The quantitative estimate of drug-likeness (QED) is 0.133. The molecule has 0 amide bonds. The van der Waals surface area contributed by atoms with Gasteiger partial charge < -0.3 is 10.2 Å². The number of anilines is 2. The van der Waals surface area contributed by atoms with Gasteiger partial charge in [0.25, 0.3) is 0 Å². The molecule has 10 rings (SSSR count). The molecule has 0 aliphatic carbocycles. The molecule has 1 aliphatic heterocycles. The van der Waals surface area contributed by atoms with Crippen molar-refractivity contribution in [3.63, 3.8) is 0 Å². The number of hydrogen-bond donors (Lipinski definition) is 1. The van der Waals surface area contributed by atoms with Crippen LogP contribution < -0.4 is 10.2 Å². The molecule has 2 atom stereocenters. The van der Waals surface area contributed by atoms with E-state index in [9.17, 15) is 0 Å². The summed E-state index contributed by atoms with van der Waals surface area (Å²) in [5.74, 6) is 1.88. The maximum Gasteiger partial charge on any atom is 0.159 e. The molecule has 2 unspecified atom stereocenters. The molecule has 0 radical (unpaired) electrons. The number of nitrogens with zero attached hydrogens (tertiary/aromatic N) is 3. The predicted molar refractivity (Wildman–Crippen MR) is 275 cm³/mol. The summed E-state index contributed by atoms with van der Waals surface area (Å²) in [5.41, 5.74) is 16.1. The smallest absolute Gasteiger partial charge is 0.159 e. The van der Waals surface area contributed by atoms with Gasteiger partial charge in [0.15, 0.2) is 5.84 Å². The van der Waals surface area contributed by atoms with Gasteiger partial charge in [-0.3, -0.25) is 0 Å². The first-order valence-corrected chi connectivity index (χ1v) is 22.5. The zero-order valence-corrected chi connectivity index (χ0v) is 36.8. The molecule has 65 heavy (non-hydrogen) atoms. The number of fused-ring (bicyclic) bond motifs is 1. The van der Waals surface area contributed by atoms with Gasteiger partial charge >= 0.3 is 0 Å². The standard InChI is InChI=1S/C61H50N4/c1-4-42(3)57-41-49(38-39-58(57)65(5-2)52-24-13-8-14-25-52)45-30-34-46(35-31-45)53-26-16-29-56-54(27-17-28-55(53)56)50-22-15-23-51(40-50)61-63-59(47-20-11-7-12-21-47)62-60(64-61)48-36-32-44(33-37-48)43-18-9-6-10-19-43/h5-42,60H,2,4H2,1,3H3,(H,62,63,64). The number of aliphatic imine (C=N–C) groups is 2. The zero-order chi connectivity index (χ0) is 44.1. The Labute approximate surface area is 382 Å². The summed E-state index contributed by atoms with van der Waals surface area (Å²) in [6.45, 7) is 8.74. The van der Waals surface area contributed by atoms with Gasteiger partial charge in [-0.2, -0.15) is 0 Å². The molecule has 0 saturated heterocycles. The van der Waals surface area contributed by atoms with Crippen molar-refractivity contribution in [1.29, 1.82) is 0 Å². The molecule has 0 saturated carbocycles. The number of nitrogens with one attached hydrogen (secondary N) is 1. The lowest BCUT2D eigenvalue weighted by Crippen LogP contribution is -2.33. The summed E-state index contributed by atoms with van der Waals surface area (Å²) in [4.78, 5) is 12.6. The lowest BCUT2D eigenvalue weighted by atomic mass is 9.90. The third-order valence-corrected chi connectivity index (χ3v) is 12.7. The van der Waals surface area contributed by atoms with Crippen LogP contribution in [0.15, 0.2) is 241 Å². The molecule has 1 N–H and O–H groups in total. The van der Waals surface area contributed by atoms with Crippen molar-refractivity contribution in [2.45, 2.75) is 32.4 Å². The first-order chi connectivity index (χ1) is 32.0. The van der Waals surface area contributed by atoms with E-state index in [1.54, 1.807) is 0 Å². The van der Waals surface area contributed by atoms with Crippen LogP contribution in [0, 0.1) is 0 Å². The van der Waals surface area contributed by atoms with Crippen LogP contribution in [0.25, 0.3) is 55.3 Å². The molecule has 1 heterocycles. The van der Waals surface area contributed by atoms with Crippen molar-refractivity contribution in [3.05, 3.63) is 253 Å². The number of benzene rings is 9. The van der Waals surface area contributed by atoms with E-state index in [1.807, 2.05) is 36.5 Å². The third kappa shape index (κ3) is 8.42. The van der Waals surface area contributed by atoms with Crippen molar-refractivity contribution >= 4 is 33.8 Å². The maximum absolute atomic E-state index is 5.24. The van der Waals surface area contributed by atoms with Crippen LogP contribution in [0.1, 0.15) is 54.6 Å². The summed E-state index contributed by atoms with van der Waals surface area (Å²) in [6, 6.07) is 77.7. The minimum absolute atomic E-state index is 0.304. The maximum atomic E-state index is 5.24. The molecule has 4 nitrogen and oxygen atoms in total. The Morgan fingerprint density at radius 2 is 1.05 bits per heavy atom. The predicted octanol–water partition coefficient (Wildman–Crippen LogP) is 15.8. The molecule has 9 aromatic carbocycles. The zero-order valence-electron chi connectivity index (χ0n) is 36.8. The van der Waals surface area contributed by atoms with Crippen molar-refractivity contribution in [2.75, 3.05) is 4.90 Å². The summed E-state index contributed by atoms with van der Waals surface area (Å²) >= 11 is 0. The van der Waals surface area contributed by atoms with E-state index in [4.69, 9.17) is 9.98 Å². The number of para-hydroxylation sites is 1. The van der Waals surface area contributed by atoms with E-state index in [0.717, 1.165) is 40.2 Å².